The van der Waals surface area contributed by atoms with Crippen molar-refractivity contribution in [2.75, 3.05) is 7.11 Å². The summed E-state index contributed by atoms with van der Waals surface area (Å²) in [7, 11) is 1.32. The van der Waals surface area contributed by atoms with Crippen molar-refractivity contribution in [2.24, 2.45) is 0 Å². The number of hydrogen-bond donors (Lipinski definition) is 0. The number of hydrogen-bond acceptors (Lipinski definition) is 3. The first kappa shape index (κ1) is 15.3. The molecule has 7 heteroatoms. The number of carbonyl (C=O) groups excluding carboxylic acids is 1. The summed E-state index contributed by atoms with van der Waals surface area (Å²) in [6.45, 7) is 3.43. The van der Waals surface area contributed by atoms with Crippen molar-refractivity contribution < 1.29 is 13.9 Å². The van der Waals surface area contributed by atoms with E-state index in [0.717, 1.165) is 0 Å². The molecule has 1 aromatic heterocycles. The number of nitrogens with zero attached hydrogens (tertiary/aromatic N) is 2. The lowest BCUT2D eigenvalue weighted by Crippen LogP contribution is -2.20. The van der Waals surface area contributed by atoms with Gasteiger partial charge in [-0.2, -0.15) is 0 Å². The zero-order valence-corrected chi connectivity index (χ0v) is 13.5. The Labute approximate surface area is 129 Å². The molecule has 2 aromatic rings. The second kappa shape index (κ2) is 5.69. The zero-order valence-electron chi connectivity index (χ0n) is 11.2. The molecule has 4 nitrogen and oxygen atoms in total. The van der Waals surface area contributed by atoms with Crippen molar-refractivity contribution in [1.82, 2.24) is 9.55 Å². The smallest absolute Gasteiger partial charge is 0.328 e. The molecule has 0 spiro atoms. The summed E-state index contributed by atoms with van der Waals surface area (Å²) in [6.07, 6.45) is 0. The van der Waals surface area contributed by atoms with Gasteiger partial charge in [0.05, 0.1) is 28.0 Å². The number of fused-ring (bicyclic) bond motifs is 1. The third kappa shape index (κ3) is 2.54. The summed E-state index contributed by atoms with van der Waals surface area (Å²) in [5.74, 6) is -0.331. The minimum atomic E-state index is -0.599. The Kier molecular flexibility index (Phi) is 4.34. The Morgan fingerprint density at radius 2 is 2.15 bits per heavy atom. The predicted molar refractivity (Wildman–Crippen MR) is 78.4 cm³/mol. The molecule has 0 aliphatic carbocycles. The minimum Gasteiger partial charge on any atom is -0.467 e. The number of imidazole rings is 1. The van der Waals surface area contributed by atoms with Crippen LogP contribution in [0.4, 0.5) is 4.39 Å². The highest BCUT2D eigenvalue weighted by atomic mass is 79.9. The lowest BCUT2D eigenvalue weighted by molar-refractivity contribution is -0.143. The van der Waals surface area contributed by atoms with Crippen LogP contribution in [0.25, 0.3) is 11.0 Å². The van der Waals surface area contributed by atoms with E-state index in [1.807, 2.05) is 0 Å². The molecule has 0 saturated carbocycles. The summed E-state index contributed by atoms with van der Waals surface area (Å²) in [5.41, 5.74) is 1.07. The molecule has 0 N–H and O–H groups in total. The molecular weight excluding hydrogens is 351 g/mol. The van der Waals surface area contributed by atoms with Gasteiger partial charge in [0, 0.05) is 6.07 Å². The monoisotopic (exact) mass is 362 g/mol. The third-order valence-electron chi connectivity index (χ3n) is 3.04. The lowest BCUT2D eigenvalue weighted by atomic mass is 10.2. The molecule has 2 unspecified atom stereocenters. The topological polar surface area (TPSA) is 44.1 Å². The fourth-order valence-corrected chi connectivity index (χ4v) is 2.56. The summed E-state index contributed by atoms with van der Waals surface area (Å²) in [6, 6.07) is 2.29. The molecule has 108 valence electrons. The van der Waals surface area contributed by atoms with Crippen molar-refractivity contribution in [3.05, 3.63) is 28.2 Å². The number of alkyl halides is 1. The van der Waals surface area contributed by atoms with E-state index in [9.17, 15) is 9.18 Å². The molecule has 0 radical (unpaired) electrons. The van der Waals surface area contributed by atoms with E-state index in [1.54, 1.807) is 24.5 Å². The van der Waals surface area contributed by atoms with Crippen molar-refractivity contribution in [1.29, 1.82) is 0 Å². The number of esters is 1. The number of carbonyl (C=O) groups is 1. The van der Waals surface area contributed by atoms with Crippen LogP contribution in [0.15, 0.2) is 16.6 Å². The van der Waals surface area contributed by atoms with Crippen LogP contribution in [0, 0.1) is 5.82 Å². The standard InChI is InChI=1S/C13H13BrClFN2O2/c1-6(15)12-17-10-5-9(16)8(14)4-11(10)18(12)7(2)13(19)20-3/h4-7H,1-3H3. The van der Waals surface area contributed by atoms with Crippen LogP contribution >= 0.6 is 27.5 Å². The van der Waals surface area contributed by atoms with E-state index in [-0.39, 0.29) is 0 Å². The summed E-state index contributed by atoms with van der Waals surface area (Å²) < 4.78 is 20.3. The molecule has 0 aliphatic heterocycles. The van der Waals surface area contributed by atoms with E-state index < -0.39 is 23.2 Å². The molecule has 20 heavy (non-hydrogen) atoms. The van der Waals surface area contributed by atoms with Crippen LogP contribution in [0.5, 0.6) is 0 Å². The predicted octanol–water partition coefficient (Wildman–Crippen LogP) is 3.97. The van der Waals surface area contributed by atoms with Crippen LogP contribution in [-0.4, -0.2) is 22.6 Å². The van der Waals surface area contributed by atoms with Gasteiger partial charge in [-0.05, 0) is 35.8 Å². The van der Waals surface area contributed by atoms with Gasteiger partial charge < -0.3 is 9.30 Å². The van der Waals surface area contributed by atoms with Crippen LogP contribution in [0.1, 0.15) is 31.1 Å². The molecule has 0 bridgehead atoms. The Morgan fingerprint density at radius 1 is 1.50 bits per heavy atom. The summed E-state index contributed by atoms with van der Waals surface area (Å²) >= 11 is 9.25. The minimum absolute atomic E-state index is 0.303. The van der Waals surface area contributed by atoms with Crippen LogP contribution < -0.4 is 0 Å². The van der Waals surface area contributed by atoms with Gasteiger partial charge in [0.1, 0.15) is 17.7 Å². The molecule has 0 aliphatic rings. The Bertz CT molecular complexity index is 672. The van der Waals surface area contributed by atoms with Crippen LogP contribution in [-0.2, 0) is 9.53 Å². The highest BCUT2D eigenvalue weighted by molar-refractivity contribution is 9.10. The maximum absolute atomic E-state index is 13.6. The molecule has 0 saturated heterocycles. The second-order valence-electron chi connectivity index (χ2n) is 4.41. The summed E-state index contributed by atoms with van der Waals surface area (Å²) in [5, 5.41) is -0.420. The van der Waals surface area contributed by atoms with Gasteiger partial charge in [-0.25, -0.2) is 14.2 Å². The second-order valence-corrected chi connectivity index (χ2v) is 5.92. The Hall–Kier alpha value is -1.14. The van der Waals surface area contributed by atoms with Crippen molar-refractivity contribution in [3.8, 4) is 0 Å². The van der Waals surface area contributed by atoms with E-state index >= 15 is 0 Å². The first-order valence-electron chi connectivity index (χ1n) is 5.95. The number of rotatable bonds is 3. The van der Waals surface area contributed by atoms with E-state index in [0.29, 0.717) is 21.3 Å². The Morgan fingerprint density at radius 3 is 2.70 bits per heavy atom. The zero-order chi connectivity index (χ0) is 15.0. The number of benzene rings is 1. The first-order valence-corrected chi connectivity index (χ1v) is 7.18. The fraction of sp³-hybridized carbons (Fsp3) is 0.385. The summed E-state index contributed by atoms with van der Waals surface area (Å²) in [4.78, 5) is 16.1. The molecule has 1 aromatic carbocycles. The average Bonchev–Trinajstić information content (AvgIpc) is 2.76. The lowest BCUT2D eigenvalue weighted by Gasteiger charge is -2.16. The fourth-order valence-electron chi connectivity index (χ4n) is 2.07. The number of aromatic nitrogens is 2. The van der Waals surface area contributed by atoms with Gasteiger partial charge in [0.15, 0.2) is 0 Å². The first-order chi connectivity index (χ1) is 9.36. The largest absolute Gasteiger partial charge is 0.467 e. The van der Waals surface area contributed by atoms with Gasteiger partial charge >= 0.3 is 5.97 Å². The van der Waals surface area contributed by atoms with Crippen molar-refractivity contribution >= 4 is 44.5 Å². The molecule has 2 atom stereocenters. The van der Waals surface area contributed by atoms with E-state index in [2.05, 4.69) is 20.9 Å². The molecule has 0 amide bonds. The van der Waals surface area contributed by atoms with Gasteiger partial charge in [-0.15, -0.1) is 11.6 Å². The molecular formula is C13H13BrClFN2O2. The van der Waals surface area contributed by atoms with Crippen molar-refractivity contribution in [3.63, 3.8) is 0 Å². The highest BCUT2D eigenvalue weighted by Gasteiger charge is 2.24. The Balaban J connectivity index is 2.74. The van der Waals surface area contributed by atoms with Crippen LogP contribution in [0.2, 0.25) is 0 Å². The normalized spacial score (nSPS) is 14.3. The van der Waals surface area contributed by atoms with E-state index in [4.69, 9.17) is 16.3 Å². The number of halogens is 3. The quantitative estimate of drug-likeness (QED) is 0.612. The van der Waals surface area contributed by atoms with Gasteiger partial charge in [-0.1, -0.05) is 0 Å². The number of methoxy groups -OCH3 is 1. The number of ether oxygens (including phenoxy) is 1. The third-order valence-corrected chi connectivity index (χ3v) is 3.85. The highest BCUT2D eigenvalue weighted by Crippen LogP contribution is 2.31. The maximum atomic E-state index is 13.6. The SMILES string of the molecule is COC(=O)C(C)n1c(C(C)Cl)nc2cc(F)c(Br)cc21. The molecule has 2 rings (SSSR count). The van der Waals surface area contributed by atoms with Crippen LogP contribution in [0.3, 0.4) is 0 Å². The van der Waals surface area contributed by atoms with E-state index in [1.165, 1.54) is 13.2 Å². The average molecular weight is 364 g/mol. The van der Waals surface area contributed by atoms with Gasteiger partial charge in [-0.3, -0.25) is 0 Å². The van der Waals surface area contributed by atoms with Crippen molar-refractivity contribution in [2.45, 2.75) is 25.3 Å². The van der Waals surface area contributed by atoms with Gasteiger partial charge in [0.2, 0.25) is 0 Å². The molecule has 1 heterocycles. The molecule has 0 fully saturated rings. The maximum Gasteiger partial charge on any atom is 0.328 e. The van der Waals surface area contributed by atoms with Gasteiger partial charge in [0.25, 0.3) is 0 Å².